The van der Waals surface area contributed by atoms with E-state index in [1.807, 2.05) is 0 Å². The van der Waals surface area contributed by atoms with E-state index in [1.165, 1.54) is 25.3 Å². The molecule has 0 saturated heterocycles. The van der Waals surface area contributed by atoms with Crippen LogP contribution in [0.25, 0.3) is 6.08 Å². The lowest BCUT2D eigenvalue weighted by Crippen LogP contribution is -1.92. The summed E-state index contributed by atoms with van der Waals surface area (Å²) in [6, 6.07) is 2.69. The van der Waals surface area contributed by atoms with Gasteiger partial charge in [-0.3, -0.25) is 10.1 Å². The van der Waals surface area contributed by atoms with Crippen LogP contribution in [-0.4, -0.2) is 17.1 Å². The van der Waals surface area contributed by atoms with Crippen LogP contribution < -0.4 is 4.74 Å². The maximum absolute atomic E-state index is 10.5. The van der Waals surface area contributed by atoms with Gasteiger partial charge in [-0.15, -0.1) is 0 Å². The van der Waals surface area contributed by atoms with Crippen molar-refractivity contribution in [3.63, 3.8) is 0 Å². The molecule has 1 aromatic carbocycles. The first kappa shape index (κ1) is 10.0. The van der Waals surface area contributed by atoms with Crippen LogP contribution in [0.4, 0.5) is 5.69 Å². The molecule has 0 aliphatic carbocycles. The van der Waals surface area contributed by atoms with Crippen LogP contribution in [0.5, 0.6) is 11.5 Å². The predicted octanol–water partition coefficient (Wildman–Crippen LogP) is 1.95. The molecule has 14 heavy (non-hydrogen) atoms. The van der Waals surface area contributed by atoms with Gasteiger partial charge in [0.1, 0.15) is 0 Å². The summed E-state index contributed by atoms with van der Waals surface area (Å²) in [5.74, 6) is -0.405. The number of ether oxygens (including phenoxy) is 1. The number of hydrogen-bond donors (Lipinski definition) is 1. The van der Waals surface area contributed by atoms with Crippen molar-refractivity contribution in [2.45, 2.75) is 0 Å². The molecule has 0 amide bonds. The number of phenolic OH excluding ortho intramolecular Hbond substituents is 1. The average molecular weight is 195 g/mol. The topological polar surface area (TPSA) is 72.6 Å². The highest BCUT2D eigenvalue weighted by molar-refractivity contribution is 5.63. The number of hydrogen-bond acceptors (Lipinski definition) is 4. The maximum atomic E-state index is 10.5. The molecule has 1 N–H and O–H groups in total. The minimum atomic E-state index is -0.676. The third kappa shape index (κ3) is 1.66. The largest absolute Gasteiger partial charge is 0.500 e. The van der Waals surface area contributed by atoms with Crippen molar-refractivity contribution < 1.29 is 14.8 Å². The molecule has 1 aromatic rings. The quantitative estimate of drug-likeness (QED) is 0.591. The summed E-state index contributed by atoms with van der Waals surface area (Å²) in [7, 11) is 1.33. The molecule has 0 unspecified atom stereocenters. The van der Waals surface area contributed by atoms with E-state index in [-0.39, 0.29) is 11.4 Å². The molecular weight excluding hydrogens is 186 g/mol. The third-order valence-corrected chi connectivity index (χ3v) is 1.73. The summed E-state index contributed by atoms with van der Waals surface area (Å²) in [6.45, 7) is 3.48. The Bertz CT molecular complexity index is 387. The summed E-state index contributed by atoms with van der Waals surface area (Å²) < 4.78 is 4.78. The van der Waals surface area contributed by atoms with Gasteiger partial charge in [0.2, 0.25) is 5.75 Å². The van der Waals surface area contributed by atoms with Crippen LogP contribution in [-0.2, 0) is 0 Å². The fourth-order valence-corrected chi connectivity index (χ4v) is 1.03. The standard InChI is InChI=1S/C9H9NO4/c1-3-6-4-7(10(12)13)9(11)8(5-6)14-2/h3-5,11H,1H2,2H3. The fourth-order valence-electron chi connectivity index (χ4n) is 1.03. The van der Waals surface area contributed by atoms with Gasteiger partial charge in [0.15, 0.2) is 5.75 Å². The first-order chi connectivity index (χ1) is 6.60. The van der Waals surface area contributed by atoms with Crippen LogP contribution in [0.2, 0.25) is 0 Å². The lowest BCUT2D eigenvalue weighted by molar-refractivity contribution is -0.386. The van der Waals surface area contributed by atoms with Gasteiger partial charge in [-0.05, 0) is 11.6 Å². The van der Waals surface area contributed by atoms with Gasteiger partial charge in [0.25, 0.3) is 0 Å². The summed E-state index contributed by atoms with van der Waals surface area (Å²) in [5, 5.41) is 19.9. The van der Waals surface area contributed by atoms with Crippen molar-refractivity contribution in [1.82, 2.24) is 0 Å². The Balaban J connectivity index is 3.41. The predicted molar refractivity (Wildman–Crippen MR) is 51.4 cm³/mol. The Kier molecular flexibility index (Phi) is 2.71. The second-order valence-electron chi connectivity index (χ2n) is 2.55. The molecule has 0 radical (unpaired) electrons. The average Bonchev–Trinajstić information content (AvgIpc) is 2.17. The van der Waals surface area contributed by atoms with Gasteiger partial charge in [0.05, 0.1) is 12.0 Å². The molecule has 0 aromatic heterocycles. The number of nitro groups is 1. The highest BCUT2D eigenvalue weighted by Gasteiger charge is 2.18. The van der Waals surface area contributed by atoms with Gasteiger partial charge in [-0.2, -0.15) is 0 Å². The first-order valence-electron chi connectivity index (χ1n) is 3.78. The lowest BCUT2D eigenvalue weighted by atomic mass is 10.1. The fraction of sp³-hybridized carbons (Fsp3) is 0.111. The van der Waals surface area contributed by atoms with Crippen molar-refractivity contribution in [2.75, 3.05) is 7.11 Å². The number of benzene rings is 1. The van der Waals surface area contributed by atoms with Crippen molar-refractivity contribution in [3.05, 3.63) is 34.4 Å². The van der Waals surface area contributed by atoms with Crippen molar-refractivity contribution in [1.29, 1.82) is 0 Å². The molecule has 74 valence electrons. The van der Waals surface area contributed by atoms with E-state index in [1.54, 1.807) is 0 Å². The first-order valence-corrected chi connectivity index (χ1v) is 3.78. The van der Waals surface area contributed by atoms with E-state index in [9.17, 15) is 15.2 Å². The zero-order valence-corrected chi connectivity index (χ0v) is 7.56. The second kappa shape index (κ2) is 3.78. The molecule has 0 aliphatic rings. The highest BCUT2D eigenvalue weighted by Crippen LogP contribution is 2.36. The molecule has 0 fully saturated rings. The SMILES string of the molecule is C=Cc1cc(OC)c(O)c([N+](=O)[O-])c1. The number of aromatic hydroxyl groups is 1. The third-order valence-electron chi connectivity index (χ3n) is 1.73. The van der Waals surface area contributed by atoms with E-state index in [0.717, 1.165) is 0 Å². The van der Waals surface area contributed by atoms with Gasteiger partial charge >= 0.3 is 5.69 Å². The van der Waals surface area contributed by atoms with E-state index in [4.69, 9.17) is 4.74 Å². The number of nitrogens with zero attached hydrogens (tertiary/aromatic N) is 1. The minimum Gasteiger partial charge on any atom is -0.500 e. The molecule has 0 heterocycles. The van der Waals surface area contributed by atoms with Crippen molar-refractivity contribution >= 4 is 11.8 Å². The molecule has 0 aliphatic heterocycles. The zero-order chi connectivity index (χ0) is 10.7. The van der Waals surface area contributed by atoms with Crippen molar-refractivity contribution in [2.24, 2.45) is 0 Å². The Morgan fingerprint density at radius 3 is 2.71 bits per heavy atom. The highest BCUT2D eigenvalue weighted by atomic mass is 16.6. The molecule has 0 bridgehead atoms. The van der Waals surface area contributed by atoms with Gasteiger partial charge in [0, 0.05) is 6.07 Å². The molecule has 0 saturated carbocycles. The smallest absolute Gasteiger partial charge is 0.315 e. The number of phenols is 1. The van der Waals surface area contributed by atoms with E-state index in [2.05, 4.69) is 6.58 Å². The normalized spacial score (nSPS) is 9.50. The van der Waals surface area contributed by atoms with Crippen LogP contribution in [0.3, 0.4) is 0 Å². The number of nitro benzene ring substituents is 1. The van der Waals surface area contributed by atoms with Crippen molar-refractivity contribution in [3.8, 4) is 11.5 Å². The summed E-state index contributed by atoms with van der Waals surface area (Å²) in [5.41, 5.74) is 0.130. The van der Waals surface area contributed by atoms with Gasteiger partial charge in [-0.25, -0.2) is 0 Å². The Labute approximate surface area is 80.4 Å². The summed E-state index contributed by atoms with van der Waals surface area (Å²) in [6.07, 6.45) is 1.44. The number of rotatable bonds is 3. The molecular formula is C9H9NO4. The van der Waals surface area contributed by atoms with Gasteiger partial charge < -0.3 is 9.84 Å². The van der Waals surface area contributed by atoms with Gasteiger partial charge in [-0.1, -0.05) is 12.7 Å². The lowest BCUT2D eigenvalue weighted by Gasteiger charge is -2.04. The van der Waals surface area contributed by atoms with E-state index in [0.29, 0.717) is 5.56 Å². The summed E-state index contributed by atoms with van der Waals surface area (Å²) in [4.78, 5) is 9.84. The zero-order valence-electron chi connectivity index (χ0n) is 7.56. The second-order valence-corrected chi connectivity index (χ2v) is 2.55. The Hall–Kier alpha value is -2.04. The monoisotopic (exact) mass is 195 g/mol. The molecule has 5 heteroatoms. The molecule has 1 rings (SSSR count). The van der Waals surface area contributed by atoms with Crippen LogP contribution in [0.1, 0.15) is 5.56 Å². The summed E-state index contributed by atoms with van der Waals surface area (Å²) >= 11 is 0. The molecule has 0 atom stereocenters. The van der Waals surface area contributed by atoms with Crippen LogP contribution >= 0.6 is 0 Å². The number of methoxy groups -OCH3 is 1. The van der Waals surface area contributed by atoms with Crippen LogP contribution in [0, 0.1) is 10.1 Å². The molecule has 0 spiro atoms. The maximum Gasteiger partial charge on any atom is 0.315 e. The van der Waals surface area contributed by atoms with E-state index < -0.39 is 10.7 Å². The van der Waals surface area contributed by atoms with E-state index >= 15 is 0 Å². The minimum absolute atomic E-state index is 0.0640. The Morgan fingerprint density at radius 2 is 2.29 bits per heavy atom. The van der Waals surface area contributed by atoms with Crippen LogP contribution in [0.15, 0.2) is 18.7 Å². The Morgan fingerprint density at radius 1 is 1.64 bits per heavy atom. The molecule has 5 nitrogen and oxygen atoms in total.